The maximum atomic E-state index is 13.6. The number of pyridine rings is 1. The lowest BCUT2D eigenvalue weighted by Crippen LogP contribution is -2.53. The van der Waals surface area contributed by atoms with Crippen LogP contribution in [-0.4, -0.2) is 41.5 Å². The number of rotatable bonds is 9. The topological polar surface area (TPSA) is 74.3 Å². The van der Waals surface area contributed by atoms with Crippen LogP contribution in [0, 0.1) is 5.92 Å². The van der Waals surface area contributed by atoms with Crippen molar-refractivity contribution in [2.45, 2.75) is 58.2 Å². The van der Waals surface area contributed by atoms with Gasteiger partial charge in [-0.15, -0.1) is 0 Å². The first-order valence-electron chi connectivity index (χ1n) is 14.3. The summed E-state index contributed by atoms with van der Waals surface area (Å²) in [6.07, 6.45) is 4.14. The normalized spacial score (nSPS) is 17.6. The molecule has 6 nitrogen and oxygen atoms in total. The third-order valence-corrected chi connectivity index (χ3v) is 7.77. The number of nitrogens with zero attached hydrogens (tertiary/aromatic N) is 2. The molecule has 6 heteroatoms. The lowest BCUT2D eigenvalue weighted by Gasteiger charge is -2.31. The highest BCUT2D eigenvalue weighted by molar-refractivity contribution is 6.00. The number of anilines is 1. The quantitative estimate of drug-likeness (QED) is 0.267. The molecule has 1 unspecified atom stereocenters. The lowest BCUT2D eigenvalue weighted by molar-refractivity contribution is -0.124. The molecule has 1 aliphatic heterocycles. The van der Waals surface area contributed by atoms with Crippen LogP contribution in [0.4, 0.5) is 5.69 Å². The molecule has 2 amide bonds. The maximum absolute atomic E-state index is 13.6. The Labute approximate surface area is 236 Å². The first-order chi connectivity index (χ1) is 19.4. The van der Waals surface area contributed by atoms with Gasteiger partial charge < -0.3 is 15.5 Å². The van der Waals surface area contributed by atoms with Crippen molar-refractivity contribution in [3.63, 3.8) is 0 Å². The molecule has 0 bridgehead atoms. The molecule has 2 heterocycles. The summed E-state index contributed by atoms with van der Waals surface area (Å²) in [7, 11) is 0. The maximum Gasteiger partial charge on any atom is 0.251 e. The van der Waals surface area contributed by atoms with Gasteiger partial charge >= 0.3 is 0 Å². The molecule has 2 N–H and O–H groups in total. The minimum atomic E-state index is -0.599. The van der Waals surface area contributed by atoms with Crippen molar-refractivity contribution in [2.75, 3.05) is 11.4 Å². The second-order valence-corrected chi connectivity index (χ2v) is 11.1. The second kappa shape index (κ2) is 12.3. The van der Waals surface area contributed by atoms with Crippen molar-refractivity contribution in [3.8, 4) is 11.3 Å². The van der Waals surface area contributed by atoms with Crippen LogP contribution >= 0.6 is 0 Å². The van der Waals surface area contributed by atoms with Gasteiger partial charge in [-0.25, -0.2) is 0 Å². The molecule has 0 radical (unpaired) electrons. The van der Waals surface area contributed by atoms with E-state index >= 15 is 0 Å². The zero-order valence-electron chi connectivity index (χ0n) is 23.5. The van der Waals surface area contributed by atoms with Crippen molar-refractivity contribution in [3.05, 3.63) is 96.7 Å². The highest BCUT2D eigenvalue weighted by Gasteiger charge is 2.35. The molecule has 1 aliphatic rings. The summed E-state index contributed by atoms with van der Waals surface area (Å²) < 4.78 is 0. The number of fused-ring (bicyclic) bond motifs is 1. The van der Waals surface area contributed by atoms with Gasteiger partial charge in [-0.3, -0.25) is 14.6 Å². The van der Waals surface area contributed by atoms with E-state index in [1.807, 2.05) is 66.9 Å². The molecule has 1 aromatic heterocycles. The largest absolute Gasteiger partial charge is 0.366 e. The van der Waals surface area contributed by atoms with Crippen LogP contribution in [0.5, 0.6) is 0 Å². The Balaban J connectivity index is 1.29. The fraction of sp³-hybridized carbons (Fsp3) is 0.324. The van der Waals surface area contributed by atoms with Crippen LogP contribution in [0.2, 0.25) is 0 Å². The summed E-state index contributed by atoms with van der Waals surface area (Å²) in [6, 6.07) is 27.6. The number of benzene rings is 3. The number of carbonyl (C=O) groups is 2. The second-order valence-electron chi connectivity index (χ2n) is 11.1. The van der Waals surface area contributed by atoms with Gasteiger partial charge in [-0.05, 0) is 72.4 Å². The van der Waals surface area contributed by atoms with E-state index in [0.29, 0.717) is 12.0 Å². The van der Waals surface area contributed by atoms with E-state index in [4.69, 9.17) is 0 Å². The average Bonchev–Trinajstić information content (AvgIpc) is 3.39. The number of hydrogen-bond acceptors (Lipinski definition) is 4. The Morgan fingerprint density at radius 2 is 1.75 bits per heavy atom. The standard InChI is InChI=1S/C34H38N4O2/c1-4-32-30(17-19-38(32)28-13-9-12-26(22-28)29-14-7-8-18-35-29)36-34(40)31(20-23(2)3)37-33(39)27-16-15-24-10-5-6-11-25(24)21-27/h5-16,18,21-23,30-32H,4,17,19-20H2,1-3H3,(H,36,40)(H,37,39)/t30-,31+,32?/m1/s1. The molecule has 5 rings (SSSR count). The van der Waals surface area contributed by atoms with E-state index in [9.17, 15) is 9.59 Å². The number of hydrogen-bond donors (Lipinski definition) is 2. The van der Waals surface area contributed by atoms with Gasteiger partial charge in [0, 0.05) is 35.6 Å². The van der Waals surface area contributed by atoms with E-state index in [2.05, 4.69) is 65.6 Å². The number of nitrogens with one attached hydrogen (secondary N) is 2. The van der Waals surface area contributed by atoms with Gasteiger partial charge in [-0.2, -0.15) is 0 Å². The highest BCUT2D eigenvalue weighted by Crippen LogP contribution is 2.31. The monoisotopic (exact) mass is 534 g/mol. The summed E-state index contributed by atoms with van der Waals surface area (Å²) >= 11 is 0. The molecule has 40 heavy (non-hydrogen) atoms. The van der Waals surface area contributed by atoms with Crippen LogP contribution in [0.15, 0.2) is 91.1 Å². The zero-order valence-corrected chi connectivity index (χ0v) is 23.5. The summed E-state index contributed by atoms with van der Waals surface area (Å²) in [6.45, 7) is 7.16. The molecule has 3 aromatic carbocycles. The Morgan fingerprint density at radius 3 is 2.50 bits per heavy atom. The Hall–Kier alpha value is -4.19. The Morgan fingerprint density at radius 1 is 0.950 bits per heavy atom. The van der Waals surface area contributed by atoms with Crippen LogP contribution < -0.4 is 15.5 Å². The number of carbonyl (C=O) groups excluding carboxylic acids is 2. The molecular weight excluding hydrogens is 496 g/mol. The van der Waals surface area contributed by atoms with Gasteiger partial charge in [-0.1, -0.05) is 69.3 Å². The third kappa shape index (κ3) is 6.17. The van der Waals surface area contributed by atoms with E-state index in [1.165, 1.54) is 0 Å². The van der Waals surface area contributed by atoms with E-state index in [1.54, 1.807) is 0 Å². The number of aromatic nitrogens is 1. The Kier molecular flexibility index (Phi) is 8.44. The van der Waals surface area contributed by atoms with Gasteiger partial charge in [0.25, 0.3) is 5.91 Å². The zero-order chi connectivity index (χ0) is 28.1. The summed E-state index contributed by atoms with van der Waals surface area (Å²) in [5.74, 6) is -0.0857. The predicted octanol–water partition coefficient (Wildman–Crippen LogP) is 6.22. The summed E-state index contributed by atoms with van der Waals surface area (Å²) in [5, 5.41) is 8.43. The smallest absolute Gasteiger partial charge is 0.251 e. The van der Waals surface area contributed by atoms with Crippen LogP contribution in [0.3, 0.4) is 0 Å². The van der Waals surface area contributed by atoms with Crippen molar-refractivity contribution in [2.24, 2.45) is 5.92 Å². The molecule has 3 atom stereocenters. The van der Waals surface area contributed by atoms with Crippen LogP contribution in [-0.2, 0) is 4.79 Å². The predicted molar refractivity (Wildman–Crippen MR) is 162 cm³/mol. The minimum Gasteiger partial charge on any atom is -0.366 e. The van der Waals surface area contributed by atoms with E-state index < -0.39 is 6.04 Å². The molecule has 206 valence electrons. The van der Waals surface area contributed by atoms with Crippen molar-refractivity contribution in [1.29, 1.82) is 0 Å². The summed E-state index contributed by atoms with van der Waals surface area (Å²) in [5.41, 5.74) is 3.72. The molecule has 0 saturated carbocycles. The first-order valence-corrected chi connectivity index (χ1v) is 14.3. The van der Waals surface area contributed by atoms with Gasteiger partial charge in [0.05, 0.1) is 11.7 Å². The molecule has 0 spiro atoms. The third-order valence-electron chi connectivity index (χ3n) is 7.77. The molecule has 1 saturated heterocycles. The average molecular weight is 535 g/mol. The van der Waals surface area contributed by atoms with E-state index in [0.717, 1.165) is 47.1 Å². The van der Waals surface area contributed by atoms with Crippen molar-refractivity contribution >= 4 is 28.3 Å². The number of amides is 2. The highest BCUT2D eigenvalue weighted by atomic mass is 16.2. The fourth-order valence-electron chi connectivity index (χ4n) is 5.78. The molecule has 4 aromatic rings. The van der Waals surface area contributed by atoms with Gasteiger partial charge in [0.15, 0.2) is 0 Å². The SMILES string of the molecule is CCC1[C@H](NC(=O)[C@H](CC(C)C)NC(=O)c2ccc3ccccc3c2)CCN1c1cccc(-c2ccccn2)c1. The first kappa shape index (κ1) is 27.4. The molecule has 0 aliphatic carbocycles. The van der Waals surface area contributed by atoms with Crippen molar-refractivity contribution in [1.82, 2.24) is 15.6 Å². The minimum absolute atomic E-state index is 0.00300. The lowest BCUT2D eigenvalue weighted by atomic mass is 10.00. The van der Waals surface area contributed by atoms with Crippen LogP contribution in [0.1, 0.15) is 50.4 Å². The molecular formula is C34H38N4O2. The Bertz CT molecular complexity index is 1470. The van der Waals surface area contributed by atoms with E-state index in [-0.39, 0.29) is 29.8 Å². The summed E-state index contributed by atoms with van der Waals surface area (Å²) in [4.78, 5) is 33.7. The fourth-order valence-corrected chi connectivity index (χ4v) is 5.78. The van der Waals surface area contributed by atoms with Gasteiger partial charge in [0.1, 0.15) is 6.04 Å². The van der Waals surface area contributed by atoms with Crippen LogP contribution in [0.25, 0.3) is 22.0 Å². The van der Waals surface area contributed by atoms with Gasteiger partial charge in [0.2, 0.25) is 5.91 Å². The molecule has 1 fully saturated rings. The van der Waals surface area contributed by atoms with Crippen molar-refractivity contribution < 1.29 is 9.59 Å².